The average molecular weight is 804 g/mol. The first kappa shape index (κ1) is 38.1. The van der Waals surface area contributed by atoms with Crippen LogP contribution in [0.15, 0.2) is 48.7 Å². The summed E-state index contributed by atoms with van der Waals surface area (Å²) < 4.78 is 21.5. The Morgan fingerprint density at radius 1 is 0.780 bits per heavy atom. The maximum absolute atomic E-state index is 15.3. The number of benzene rings is 2. The quantitative estimate of drug-likeness (QED) is 0.203. The number of aromatic nitrogens is 3. The number of rotatable bonds is 10. The number of hydrogen-bond acceptors (Lipinski definition) is 10. The lowest BCUT2D eigenvalue weighted by atomic mass is 9.94. The SMILES string of the molecule is CC1(Oc2ccc3[nH]nc(-c4cc(N5CCC(CN6CCN(CC7CCN(c8ccc9c(c8)C(=O)N(C8CCCNC8=O)C9=O)CC7)CC6)CC5)ncc4F)c3c2)CC1. The van der Waals surface area contributed by atoms with Gasteiger partial charge in [-0.05, 0) is 113 Å². The molecule has 3 amide bonds. The maximum Gasteiger partial charge on any atom is 0.262 e. The molecule has 6 aliphatic rings. The molecule has 13 nitrogen and oxygen atoms in total. The smallest absolute Gasteiger partial charge is 0.262 e. The lowest BCUT2D eigenvalue weighted by Gasteiger charge is -2.41. The Morgan fingerprint density at radius 3 is 2.14 bits per heavy atom. The fourth-order valence-corrected chi connectivity index (χ4v) is 9.94. The Balaban J connectivity index is 0.674. The lowest BCUT2D eigenvalue weighted by molar-refractivity contribution is -0.126. The van der Waals surface area contributed by atoms with Crippen LogP contribution in [0.3, 0.4) is 0 Å². The number of nitrogens with one attached hydrogen (secondary N) is 2. The number of carbonyl (C=O) groups excluding carboxylic acids is 3. The molecule has 2 aromatic heterocycles. The molecule has 14 heteroatoms. The molecule has 4 aromatic rings. The summed E-state index contributed by atoms with van der Waals surface area (Å²) in [4.78, 5) is 54.6. The van der Waals surface area contributed by atoms with Crippen LogP contribution in [-0.4, -0.2) is 131 Å². The molecular weight excluding hydrogens is 750 g/mol. The van der Waals surface area contributed by atoms with Crippen molar-refractivity contribution in [2.24, 2.45) is 11.8 Å². The monoisotopic (exact) mass is 803 g/mol. The number of piperazine rings is 1. The Morgan fingerprint density at radius 2 is 1.46 bits per heavy atom. The van der Waals surface area contributed by atoms with E-state index in [0.29, 0.717) is 47.2 Å². The van der Waals surface area contributed by atoms with Crippen LogP contribution in [0.1, 0.15) is 79.0 Å². The molecule has 1 aliphatic carbocycles. The Labute approximate surface area is 344 Å². The van der Waals surface area contributed by atoms with E-state index in [0.717, 1.165) is 139 Å². The summed E-state index contributed by atoms with van der Waals surface area (Å²) in [6, 6.07) is 12.6. The van der Waals surface area contributed by atoms with Crippen molar-refractivity contribution >= 4 is 40.1 Å². The third kappa shape index (κ3) is 7.65. The summed E-state index contributed by atoms with van der Waals surface area (Å²) in [5.41, 5.74) is 3.58. The number of amides is 3. The number of imide groups is 1. The summed E-state index contributed by atoms with van der Waals surface area (Å²) in [5, 5.41) is 11.2. The van der Waals surface area contributed by atoms with Crippen LogP contribution in [0.5, 0.6) is 5.75 Å². The van der Waals surface area contributed by atoms with Gasteiger partial charge in [0.1, 0.15) is 28.9 Å². The highest BCUT2D eigenvalue weighted by Crippen LogP contribution is 2.41. The third-order valence-electron chi connectivity index (χ3n) is 13.8. The van der Waals surface area contributed by atoms with Crippen LogP contribution in [0.25, 0.3) is 22.2 Å². The summed E-state index contributed by atoms with van der Waals surface area (Å²) in [5.74, 6) is 1.51. The van der Waals surface area contributed by atoms with E-state index in [1.54, 1.807) is 6.07 Å². The minimum Gasteiger partial charge on any atom is -0.488 e. The standard InChI is InChI=1S/C45H54FN9O4/c1-45(12-13-45)59-32-5-7-38-36(24-32)41(50-49-38)35-25-40(48-26-37(35)46)54-17-10-30(11-18-54)28-52-21-19-51(20-22-52)27-29-8-15-53(16-9-29)31-4-6-33-34(23-31)44(58)55(43(33)57)39-3-2-14-47-42(39)56/h4-7,23-26,29-30,39H,2-3,8-22,27-28H2,1H3,(H,47,56)(H,49,50). The molecular formula is C45H54FN9O4. The molecule has 310 valence electrons. The van der Waals surface area contributed by atoms with E-state index in [-0.39, 0.29) is 29.1 Å². The van der Waals surface area contributed by atoms with Crippen molar-refractivity contribution in [3.8, 4) is 17.0 Å². The number of ether oxygens (including phenoxy) is 1. The molecule has 4 saturated heterocycles. The molecule has 5 fully saturated rings. The number of hydrogen-bond donors (Lipinski definition) is 2. The zero-order valence-corrected chi connectivity index (χ0v) is 33.9. The largest absolute Gasteiger partial charge is 0.488 e. The van der Waals surface area contributed by atoms with Crippen molar-refractivity contribution in [3.05, 3.63) is 65.6 Å². The number of nitrogens with zero attached hydrogens (tertiary/aromatic N) is 7. The van der Waals surface area contributed by atoms with Crippen LogP contribution < -0.4 is 19.9 Å². The Kier molecular flexibility index (Phi) is 10.0. The molecule has 1 atom stereocenters. The first-order valence-electron chi connectivity index (χ1n) is 21.8. The van der Waals surface area contributed by atoms with Gasteiger partial charge in [-0.25, -0.2) is 9.37 Å². The Bertz CT molecular complexity index is 2250. The van der Waals surface area contributed by atoms with Gasteiger partial charge < -0.3 is 29.7 Å². The topological polar surface area (TPSA) is 130 Å². The van der Waals surface area contributed by atoms with Gasteiger partial charge in [0.05, 0.1) is 22.8 Å². The van der Waals surface area contributed by atoms with Gasteiger partial charge in [-0.2, -0.15) is 5.10 Å². The van der Waals surface area contributed by atoms with Crippen LogP contribution in [0, 0.1) is 17.7 Å². The highest BCUT2D eigenvalue weighted by molar-refractivity contribution is 6.23. The van der Waals surface area contributed by atoms with Crippen molar-refractivity contribution in [2.45, 2.75) is 69.9 Å². The third-order valence-corrected chi connectivity index (χ3v) is 13.8. The predicted octanol–water partition coefficient (Wildman–Crippen LogP) is 5.32. The van der Waals surface area contributed by atoms with Gasteiger partial charge in [-0.1, -0.05) is 0 Å². The van der Waals surface area contributed by atoms with Gasteiger partial charge in [-0.3, -0.25) is 24.4 Å². The van der Waals surface area contributed by atoms with Crippen LogP contribution in [-0.2, 0) is 4.79 Å². The summed E-state index contributed by atoms with van der Waals surface area (Å²) >= 11 is 0. The zero-order chi connectivity index (χ0) is 40.3. The zero-order valence-electron chi connectivity index (χ0n) is 33.9. The van der Waals surface area contributed by atoms with Crippen LogP contribution in [0.4, 0.5) is 15.9 Å². The van der Waals surface area contributed by atoms with Gasteiger partial charge in [0.25, 0.3) is 11.8 Å². The summed E-state index contributed by atoms with van der Waals surface area (Å²) in [6.07, 6.45) is 9.05. The molecule has 0 bridgehead atoms. The number of halogens is 1. The number of aromatic amines is 1. The van der Waals surface area contributed by atoms with Crippen molar-refractivity contribution in [2.75, 3.05) is 81.8 Å². The van der Waals surface area contributed by atoms with E-state index < -0.39 is 6.04 Å². The molecule has 5 aliphatic heterocycles. The second kappa shape index (κ2) is 15.5. The van der Waals surface area contributed by atoms with Gasteiger partial charge in [-0.15, -0.1) is 0 Å². The van der Waals surface area contributed by atoms with Crippen molar-refractivity contribution < 1.29 is 23.5 Å². The highest BCUT2D eigenvalue weighted by Gasteiger charge is 2.44. The normalized spacial score (nSPS) is 23.3. The minimum absolute atomic E-state index is 0.0990. The van der Waals surface area contributed by atoms with Gasteiger partial charge in [0.2, 0.25) is 5.91 Å². The summed E-state index contributed by atoms with van der Waals surface area (Å²) in [6.45, 7) is 12.9. The maximum atomic E-state index is 15.3. The first-order chi connectivity index (χ1) is 28.7. The summed E-state index contributed by atoms with van der Waals surface area (Å²) in [7, 11) is 0. The van der Waals surface area contributed by atoms with E-state index in [4.69, 9.17) is 4.74 Å². The van der Waals surface area contributed by atoms with Crippen LogP contribution in [0.2, 0.25) is 0 Å². The van der Waals surface area contributed by atoms with E-state index in [2.05, 4.69) is 47.0 Å². The minimum atomic E-state index is -0.723. The fourth-order valence-electron chi connectivity index (χ4n) is 9.94. The van der Waals surface area contributed by atoms with Gasteiger partial charge >= 0.3 is 0 Å². The van der Waals surface area contributed by atoms with E-state index in [1.807, 2.05) is 36.4 Å². The molecule has 0 radical (unpaired) electrons. The Hall–Kier alpha value is -5.08. The molecule has 2 N–H and O–H groups in total. The first-order valence-corrected chi connectivity index (χ1v) is 21.8. The molecule has 7 heterocycles. The number of piperidine rings is 3. The van der Waals surface area contributed by atoms with E-state index in [9.17, 15) is 14.4 Å². The molecule has 59 heavy (non-hydrogen) atoms. The van der Waals surface area contributed by atoms with Gasteiger partial charge in [0, 0.05) is 88.6 Å². The number of pyridine rings is 1. The predicted molar refractivity (Wildman–Crippen MR) is 223 cm³/mol. The van der Waals surface area contributed by atoms with E-state index >= 15 is 4.39 Å². The average Bonchev–Trinajstić information content (AvgIpc) is 3.74. The molecule has 1 unspecified atom stereocenters. The lowest BCUT2D eigenvalue weighted by Crippen LogP contribution is -2.52. The molecule has 1 saturated carbocycles. The second-order valence-electron chi connectivity index (χ2n) is 18.0. The number of carbonyl (C=O) groups is 3. The van der Waals surface area contributed by atoms with Crippen molar-refractivity contribution in [3.63, 3.8) is 0 Å². The molecule has 0 spiro atoms. The fraction of sp³-hybridized carbons (Fsp3) is 0.533. The van der Waals surface area contributed by atoms with E-state index in [1.165, 1.54) is 11.1 Å². The number of H-pyrrole nitrogens is 1. The number of fused-ring (bicyclic) bond motifs is 2. The number of anilines is 2. The van der Waals surface area contributed by atoms with Crippen LogP contribution >= 0.6 is 0 Å². The molecule has 2 aromatic carbocycles. The highest BCUT2D eigenvalue weighted by atomic mass is 19.1. The second-order valence-corrected chi connectivity index (χ2v) is 18.0. The van der Waals surface area contributed by atoms with Crippen molar-refractivity contribution in [1.82, 2.24) is 35.2 Å². The van der Waals surface area contributed by atoms with Gasteiger partial charge in [0.15, 0.2) is 5.82 Å². The molecule has 10 rings (SSSR count). The van der Waals surface area contributed by atoms with Crippen molar-refractivity contribution in [1.29, 1.82) is 0 Å².